The van der Waals surface area contributed by atoms with Crippen LogP contribution in [-0.4, -0.2) is 25.2 Å². The molecule has 0 heterocycles. The van der Waals surface area contributed by atoms with Crippen molar-refractivity contribution >= 4 is 11.8 Å². The fourth-order valence-corrected chi connectivity index (χ4v) is 2.77. The van der Waals surface area contributed by atoms with Crippen LogP contribution in [0.15, 0.2) is 18.2 Å². The third-order valence-electron chi connectivity index (χ3n) is 3.01. The first kappa shape index (κ1) is 15.3. The van der Waals surface area contributed by atoms with E-state index < -0.39 is 0 Å². The van der Waals surface area contributed by atoms with Crippen LogP contribution in [0.1, 0.15) is 31.9 Å². The van der Waals surface area contributed by atoms with Crippen LogP contribution in [0.2, 0.25) is 0 Å². The molecule has 102 valence electrons. The average Bonchev–Trinajstić information content (AvgIpc) is 2.37. The van der Waals surface area contributed by atoms with Crippen molar-refractivity contribution in [3.8, 4) is 5.75 Å². The van der Waals surface area contributed by atoms with Crippen molar-refractivity contribution in [2.75, 3.05) is 19.1 Å². The van der Waals surface area contributed by atoms with Crippen molar-refractivity contribution < 1.29 is 9.13 Å². The van der Waals surface area contributed by atoms with Crippen LogP contribution in [-0.2, 0) is 0 Å². The number of halogens is 1. The maximum Gasteiger partial charge on any atom is 0.131 e. The Bertz CT molecular complexity index is 373. The summed E-state index contributed by atoms with van der Waals surface area (Å²) < 4.78 is 19.1. The summed E-state index contributed by atoms with van der Waals surface area (Å²) in [7, 11) is 1.57. The molecule has 18 heavy (non-hydrogen) atoms. The van der Waals surface area contributed by atoms with E-state index in [0.717, 1.165) is 12.2 Å². The predicted octanol–water partition coefficient (Wildman–Crippen LogP) is 3.63. The van der Waals surface area contributed by atoms with Gasteiger partial charge in [-0.25, -0.2) is 4.39 Å². The van der Waals surface area contributed by atoms with E-state index in [1.807, 2.05) is 6.92 Å². The van der Waals surface area contributed by atoms with Crippen molar-refractivity contribution in [2.24, 2.45) is 0 Å². The minimum absolute atomic E-state index is 0.0572. The van der Waals surface area contributed by atoms with Crippen molar-refractivity contribution in [3.63, 3.8) is 0 Å². The number of rotatable bonds is 7. The van der Waals surface area contributed by atoms with E-state index in [1.54, 1.807) is 31.0 Å². The Kier molecular flexibility index (Phi) is 6.50. The second kappa shape index (κ2) is 7.64. The predicted molar refractivity (Wildman–Crippen MR) is 77.0 cm³/mol. The van der Waals surface area contributed by atoms with E-state index in [-0.39, 0.29) is 11.9 Å². The number of hydrogen-bond acceptors (Lipinski definition) is 3. The molecule has 2 atom stereocenters. The number of benzene rings is 1. The molecule has 1 rings (SSSR count). The van der Waals surface area contributed by atoms with Crippen molar-refractivity contribution in [1.82, 2.24) is 5.32 Å². The van der Waals surface area contributed by atoms with Gasteiger partial charge in [0.2, 0.25) is 0 Å². The van der Waals surface area contributed by atoms with Crippen molar-refractivity contribution in [2.45, 2.75) is 32.4 Å². The number of hydrogen-bond donors (Lipinski definition) is 1. The first-order valence-corrected chi connectivity index (χ1v) is 7.60. The Morgan fingerprint density at radius 3 is 2.72 bits per heavy atom. The summed E-state index contributed by atoms with van der Waals surface area (Å²) in [5, 5.41) is 3.46. The summed E-state index contributed by atoms with van der Waals surface area (Å²) in [5.41, 5.74) is 0.611. The molecule has 0 saturated carbocycles. The van der Waals surface area contributed by atoms with Gasteiger partial charge in [-0.2, -0.15) is 11.8 Å². The normalized spacial score (nSPS) is 14.3. The second-order valence-corrected chi connectivity index (χ2v) is 5.22. The number of ether oxygens (including phenoxy) is 1. The average molecular weight is 271 g/mol. The van der Waals surface area contributed by atoms with Gasteiger partial charge < -0.3 is 10.1 Å². The van der Waals surface area contributed by atoms with E-state index in [0.29, 0.717) is 17.4 Å². The highest BCUT2D eigenvalue weighted by molar-refractivity contribution is 7.98. The summed E-state index contributed by atoms with van der Waals surface area (Å²) in [6.45, 7) is 4.11. The van der Waals surface area contributed by atoms with Gasteiger partial charge in [-0.05, 0) is 31.7 Å². The van der Waals surface area contributed by atoms with Gasteiger partial charge in [0.05, 0.1) is 7.11 Å². The molecule has 0 aliphatic heterocycles. The summed E-state index contributed by atoms with van der Waals surface area (Å²) in [6.07, 6.45) is 3.11. The molecule has 1 aromatic rings. The van der Waals surface area contributed by atoms with E-state index in [9.17, 15) is 4.39 Å². The molecular weight excluding hydrogens is 249 g/mol. The van der Waals surface area contributed by atoms with Crippen LogP contribution in [0.3, 0.4) is 0 Å². The molecule has 0 aromatic heterocycles. The first-order valence-electron chi connectivity index (χ1n) is 6.21. The molecule has 0 bridgehead atoms. The van der Waals surface area contributed by atoms with E-state index >= 15 is 0 Å². The molecule has 0 fully saturated rings. The first-order chi connectivity index (χ1) is 8.63. The quantitative estimate of drug-likeness (QED) is 0.818. The third-order valence-corrected chi connectivity index (χ3v) is 3.75. The monoisotopic (exact) mass is 271 g/mol. The van der Waals surface area contributed by atoms with Gasteiger partial charge in [0, 0.05) is 23.4 Å². The minimum Gasteiger partial charge on any atom is -0.496 e. The zero-order valence-corrected chi connectivity index (χ0v) is 12.3. The lowest BCUT2D eigenvalue weighted by Gasteiger charge is -2.23. The highest BCUT2D eigenvalue weighted by Crippen LogP contribution is 2.28. The summed E-state index contributed by atoms with van der Waals surface area (Å²) in [5.74, 6) is 1.42. The Balaban J connectivity index is 2.85. The Hall–Kier alpha value is -0.740. The molecule has 4 heteroatoms. The molecule has 0 radical (unpaired) electrons. The lowest BCUT2D eigenvalue weighted by molar-refractivity contribution is 0.385. The lowest BCUT2D eigenvalue weighted by atomic mass is 10.0. The van der Waals surface area contributed by atoms with Gasteiger partial charge in [-0.15, -0.1) is 0 Å². The summed E-state index contributed by atoms with van der Waals surface area (Å²) in [4.78, 5) is 0. The fraction of sp³-hybridized carbons (Fsp3) is 0.571. The van der Waals surface area contributed by atoms with Gasteiger partial charge in [-0.1, -0.05) is 13.0 Å². The SMILES string of the molecule is CCC(CSC)NC(C)c1c(F)cccc1OC. The number of methoxy groups -OCH3 is 1. The molecule has 0 aliphatic carbocycles. The zero-order chi connectivity index (χ0) is 13.5. The zero-order valence-electron chi connectivity index (χ0n) is 11.5. The van der Waals surface area contributed by atoms with Crippen molar-refractivity contribution in [3.05, 3.63) is 29.6 Å². The fourth-order valence-electron chi connectivity index (χ4n) is 2.04. The van der Waals surface area contributed by atoms with Gasteiger partial charge in [-0.3, -0.25) is 0 Å². The van der Waals surface area contributed by atoms with Crippen molar-refractivity contribution in [1.29, 1.82) is 0 Å². The molecule has 0 saturated heterocycles. The van der Waals surface area contributed by atoms with Gasteiger partial charge in [0.1, 0.15) is 11.6 Å². The van der Waals surface area contributed by atoms with E-state index in [1.165, 1.54) is 6.07 Å². The summed E-state index contributed by atoms with van der Waals surface area (Å²) >= 11 is 1.80. The van der Waals surface area contributed by atoms with E-state index in [2.05, 4.69) is 18.5 Å². The molecule has 1 N–H and O–H groups in total. The molecular formula is C14H22FNOS. The van der Waals surface area contributed by atoms with Gasteiger partial charge in [0.15, 0.2) is 0 Å². The smallest absolute Gasteiger partial charge is 0.131 e. The molecule has 0 amide bonds. The molecule has 2 nitrogen and oxygen atoms in total. The van der Waals surface area contributed by atoms with Crippen LogP contribution < -0.4 is 10.1 Å². The third kappa shape index (κ3) is 3.89. The second-order valence-electron chi connectivity index (χ2n) is 4.30. The van der Waals surface area contributed by atoms with Crippen LogP contribution in [0, 0.1) is 5.82 Å². The highest BCUT2D eigenvalue weighted by Gasteiger charge is 2.18. The Morgan fingerprint density at radius 1 is 1.44 bits per heavy atom. The summed E-state index contributed by atoms with van der Waals surface area (Å²) in [6, 6.07) is 5.28. The molecule has 0 spiro atoms. The minimum atomic E-state index is -0.214. The van der Waals surface area contributed by atoms with E-state index in [4.69, 9.17) is 4.74 Å². The van der Waals surface area contributed by atoms with Crippen LogP contribution >= 0.6 is 11.8 Å². The number of thioether (sulfide) groups is 1. The highest BCUT2D eigenvalue weighted by atomic mass is 32.2. The maximum absolute atomic E-state index is 13.9. The van der Waals surface area contributed by atoms with Crippen LogP contribution in [0.25, 0.3) is 0 Å². The molecule has 2 unspecified atom stereocenters. The standard InChI is InChI=1S/C14H22FNOS/c1-5-11(9-18-4)16-10(2)14-12(15)7-6-8-13(14)17-3/h6-8,10-11,16H,5,9H2,1-4H3. The molecule has 0 aliphatic rings. The Morgan fingerprint density at radius 2 is 2.17 bits per heavy atom. The van der Waals surface area contributed by atoms with Crippen LogP contribution in [0.4, 0.5) is 4.39 Å². The Labute approximate surface area is 113 Å². The number of nitrogens with one attached hydrogen (secondary N) is 1. The van der Waals surface area contributed by atoms with Gasteiger partial charge in [0.25, 0.3) is 0 Å². The molecule has 1 aromatic carbocycles. The maximum atomic E-state index is 13.9. The van der Waals surface area contributed by atoms with Crippen LogP contribution in [0.5, 0.6) is 5.75 Å². The van der Waals surface area contributed by atoms with Gasteiger partial charge >= 0.3 is 0 Å². The topological polar surface area (TPSA) is 21.3 Å². The lowest BCUT2D eigenvalue weighted by Crippen LogP contribution is -2.33. The largest absolute Gasteiger partial charge is 0.496 e.